The van der Waals surface area contributed by atoms with Crippen molar-refractivity contribution in [2.24, 2.45) is 0 Å². The number of phenolic OH excluding ortho intramolecular Hbond substituents is 1. The SMILES string of the molecule is Cc1nc(C)c(Cc2ccc(O)cc2)nc1C. The molecule has 0 bridgehead atoms. The molecule has 3 heteroatoms. The van der Waals surface area contributed by atoms with Crippen molar-refractivity contribution in [2.45, 2.75) is 27.2 Å². The smallest absolute Gasteiger partial charge is 0.115 e. The minimum Gasteiger partial charge on any atom is -0.508 e. The number of rotatable bonds is 2. The molecule has 0 aliphatic carbocycles. The van der Waals surface area contributed by atoms with Crippen LogP contribution in [0.3, 0.4) is 0 Å². The van der Waals surface area contributed by atoms with Crippen LogP contribution in [0.1, 0.15) is 28.3 Å². The highest BCUT2D eigenvalue weighted by molar-refractivity contribution is 5.30. The number of nitrogens with zero attached hydrogens (tertiary/aromatic N) is 2. The number of aromatic nitrogens is 2. The Hall–Kier alpha value is -1.90. The highest BCUT2D eigenvalue weighted by Crippen LogP contribution is 2.15. The van der Waals surface area contributed by atoms with Crippen LogP contribution in [0.5, 0.6) is 5.75 Å². The number of hydrogen-bond acceptors (Lipinski definition) is 3. The molecule has 0 spiro atoms. The van der Waals surface area contributed by atoms with Gasteiger partial charge in [0, 0.05) is 6.42 Å². The second kappa shape index (κ2) is 4.53. The van der Waals surface area contributed by atoms with Crippen molar-refractivity contribution >= 4 is 0 Å². The second-order valence-corrected chi connectivity index (χ2v) is 4.27. The van der Waals surface area contributed by atoms with Crippen LogP contribution >= 0.6 is 0 Å². The Morgan fingerprint density at radius 3 is 2.12 bits per heavy atom. The van der Waals surface area contributed by atoms with Crippen LogP contribution in [-0.2, 0) is 6.42 Å². The van der Waals surface area contributed by atoms with Crippen molar-refractivity contribution in [3.05, 3.63) is 52.6 Å². The maximum atomic E-state index is 9.23. The molecule has 2 rings (SSSR count). The van der Waals surface area contributed by atoms with Gasteiger partial charge in [0.25, 0.3) is 0 Å². The zero-order valence-corrected chi connectivity index (χ0v) is 10.4. The monoisotopic (exact) mass is 228 g/mol. The highest BCUT2D eigenvalue weighted by Gasteiger charge is 2.06. The van der Waals surface area contributed by atoms with Gasteiger partial charge < -0.3 is 5.11 Å². The predicted octanol–water partition coefficient (Wildman–Crippen LogP) is 2.70. The van der Waals surface area contributed by atoms with Gasteiger partial charge in [0.1, 0.15) is 5.75 Å². The Kier molecular flexibility index (Phi) is 3.09. The van der Waals surface area contributed by atoms with Crippen LogP contribution in [0.15, 0.2) is 24.3 Å². The van der Waals surface area contributed by atoms with Gasteiger partial charge >= 0.3 is 0 Å². The van der Waals surface area contributed by atoms with Gasteiger partial charge in [0.15, 0.2) is 0 Å². The molecule has 0 amide bonds. The lowest BCUT2D eigenvalue weighted by atomic mass is 10.1. The standard InChI is InChI=1S/C14H16N2O/c1-9-10(2)16-14(11(3)15-9)8-12-4-6-13(17)7-5-12/h4-7,17H,8H2,1-3H3. The van der Waals surface area contributed by atoms with Gasteiger partial charge in [0.05, 0.1) is 22.8 Å². The van der Waals surface area contributed by atoms with Crippen LogP contribution in [-0.4, -0.2) is 15.1 Å². The van der Waals surface area contributed by atoms with Gasteiger partial charge in [-0.25, -0.2) is 0 Å². The number of aryl methyl sites for hydroxylation is 3. The molecule has 0 radical (unpaired) electrons. The van der Waals surface area contributed by atoms with Crippen molar-refractivity contribution in [2.75, 3.05) is 0 Å². The van der Waals surface area contributed by atoms with Gasteiger partial charge in [-0.3, -0.25) is 9.97 Å². The van der Waals surface area contributed by atoms with E-state index >= 15 is 0 Å². The quantitative estimate of drug-likeness (QED) is 0.859. The van der Waals surface area contributed by atoms with Crippen LogP contribution in [0.2, 0.25) is 0 Å². The van der Waals surface area contributed by atoms with Crippen LogP contribution in [0, 0.1) is 20.8 Å². The van der Waals surface area contributed by atoms with Crippen molar-refractivity contribution < 1.29 is 5.11 Å². The lowest BCUT2D eigenvalue weighted by Gasteiger charge is -2.08. The van der Waals surface area contributed by atoms with E-state index in [0.717, 1.165) is 34.8 Å². The summed E-state index contributed by atoms with van der Waals surface area (Å²) >= 11 is 0. The fourth-order valence-electron chi connectivity index (χ4n) is 1.74. The molecule has 17 heavy (non-hydrogen) atoms. The molecular formula is C14H16N2O. The molecule has 0 aliphatic heterocycles. The van der Waals surface area contributed by atoms with E-state index < -0.39 is 0 Å². The van der Waals surface area contributed by atoms with E-state index in [-0.39, 0.29) is 5.75 Å². The molecule has 0 saturated heterocycles. The molecule has 0 unspecified atom stereocenters. The zero-order valence-electron chi connectivity index (χ0n) is 10.4. The predicted molar refractivity (Wildman–Crippen MR) is 67.2 cm³/mol. The molecule has 1 N–H and O–H groups in total. The summed E-state index contributed by atoms with van der Waals surface area (Å²) in [6.45, 7) is 5.93. The van der Waals surface area contributed by atoms with E-state index in [4.69, 9.17) is 0 Å². The molecule has 0 saturated carbocycles. The van der Waals surface area contributed by atoms with E-state index in [1.165, 1.54) is 0 Å². The third kappa shape index (κ3) is 2.61. The molecule has 0 atom stereocenters. The Bertz CT molecular complexity index is 533. The molecule has 88 valence electrons. The molecule has 1 aromatic carbocycles. The average molecular weight is 228 g/mol. The van der Waals surface area contributed by atoms with Crippen molar-refractivity contribution in [3.8, 4) is 5.75 Å². The first-order valence-electron chi connectivity index (χ1n) is 5.65. The van der Waals surface area contributed by atoms with E-state index in [9.17, 15) is 5.11 Å². The first-order chi connectivity index (χ1) is 8.06. The molecule has 2 aromatic rings. The zero-order chi connectivity index (χ0) is 12.4. The van der Waals surface area contributed by atoms with Gasteiger partial charge in [-0.05, 0) is 38.5 Å². The van der Waals surface area contributed by atoms with Crippen LogP contribution < -0.4 is 0 Å². The molecule has 1 heterocycles. The van der Waals surface area contributed by atoms with Gasteiger partial charge in [0.2, 0.25) is 0 Å². The minimum atomic E-state index is 0.289. The number of phenols is 1. The van der Waals surface area contributed by atoms with E-state index in [1.807, 2.05) is 32.9 Å². The third-order valence-corrected chi connectivity index (χ3v) is 2.89. The van der Waals surface area contributed by atoms with E-state index in [2.05, 4.69) is 9.97 Å². The topological polar surface area (TPSA) is 46.0 Å². The Labute approximate surface area is 101 Å². The van der Waals surface area contributed by atoms with Gasteiger partial charge in [-0.1, -0.05) is 12.1 Å². The lowest BCUT2D eigenvalue weighted by Crippen LogP contribution is -2.03. The Balaban J connectivity index is 2.30. The first kappa shape index (κ1) is 11.6. The minimum absolute atomic E-state index is 0.289. The van der Waals surface area contributed by atoms with E-state index in [1.54, 1.807) is 12.1 Å². The van der Waals surface area contributed by atoms with Gasteiger partial charge in [-0.2, -0.15) is 0 Å². The molecule has 1 aromatic heterocycles. The summed E-state index contributed by atoms with van der Waals surface area (Å²) in [5.74, 6) is 0.289. The summed E-state index contributed by atoms with van der Waals surface area (Å²) in [4.78, 5) is 9.04. The third-order valence-electron chi connectivity index (χ3n) is 2.89. The number of benzene rings is 1. The normalized spacial score (nSPS) is 10.5. The molecular weight excluding hydrogens is 212 g/mol. The summed E-state index contributed by atoms with van der Waals surface area (Å²) in [5, 5.41) is 9.23. The van der Waals surface area contributed by atoms with Crippen molar-refractivity contribution in [1.29, 1.82) is 0 Å². The Morgan fingerprint density at radius 1 is 0.882 bits per heavy atom. The Morgan fingerprint density at radius 2 is 1.47 bits per heavy atom. The maximum absolute atomic E-state index is 9.23. The van der Waals surface area contributed by atoms with Crippen LogP contribution in [0.25, 0.3) is 0 Å². The average Bonchev–Trinajstić information content (AvgIpc) is 2.29. The summed E-state index contributed by atoms with van der Waals surface area (Å²) in [5.41, 5.74) is 5.06. The number of aromatic hydroxyl groups is 1. The summed E-state index contributed by atoms with van der Waals surface area (Å²) in [6, 6.07) is 7.20. The summed E-state index contributed by atoms with van der Waals surface area (Å²) in [6.07, 6.45) is 0.750. The van der Waals surface area contributed by atoms with E-state index in [0.29, 0.717) is 0 Å². The highest BCUT2D eigenvalue weighted by atomic mass is 16.3. The fraction of sp³-hybridized carbons (Fsp3) is 0.286. The maximum Gasteiger partial charge on any atom is 0.115 e. The molecule has 0 fully saturated rings. The lowest BCUT2D eigenvalue weighted by molar-refractivity contribution is 0.475. The fourth-order valence-corrected chi connectivity index (χ4v) is 1.74. The molecule has 3 nitrogen and oxygen atoms in total. The van der Waals surface area contributed by atoms with Crippen molar-refractivity contribution in [3.63, 3.8) is 0 Å². The summed E-state index contributed by atoms with van der Waals surface area (Å²) < 4.78 is 0. The summed E-state index contributed by atoms with van der Waals surface area (Å²) in [7, 11) is 0. The largest absolute Gasteiger partial charge is 0.508 e. The van der Waals surface area contributed by atoms with Crippen molar-refractivity contribution in [1.82, 2.24) is 9.97 Å². The first-order valence-corrected chi connectivity index (χ1v) is 5.65. The number of hydrogen-bond donors (Lipinski definition) is 1. The van der Waals surface area contributed by atoms with Gasteiger partial charge in [-0.15, -0.1) is 0 Å². The van der Waals surface area contributed by atoms with Crippen LogP contribution in [0.4, 0.5) is 0 Å². The molecule has 0 aliphatic rings. The second-order valence-electron chi connectivity index (χ2n) is 4.27.